The van der Waals surface area contributed by atoms with Crippen LogP contribution in [0, 0.1) is 0 Å². The van der Waals surface area contributed by atoms with Gasteiger partial charge in [0.2, 0.25) is 11.8 Å². The lowest BCUT2D eigenvalue weighted by molar-refractivity contribution is -0.128. The molecule has 2 amide bonds. The number of nitrogens with zero attached hydrogens (tertiary/aromatic N) is 2. The van der Waals surface area contributed by atoms with E-state index in [9.17, 15) is 9.59 Å². The third-order valence-electron chi connectivity index (χ3n) is 6.16. The minimum atomic E-state index is -0.138. The molecular formula is C25H24ClN3O3. The smallest absolute Gasteiger partial charge is 0.225 e. The van der Waals surface area contributed by atoms with Crippen molar-refractivity contribution in [2.45, 2.75) is 43.7 Å². The Bertz CT molecular complexity index is 1110. The second-order valence-electron chi connectivity index (χ2n) is 8.46. The van der Waals surface area contributed by atoms with Crippen LogP contribution in [0.2, 0.25) is 5.02 Å². The summed E-state index contributed by atoms with van der Waals surface area (Å²) in [6.07, 6.45) is 3.69. The molecular weight excluding hydrogens is 426 g/mol. The molecule has 1 saturated carbocycles. The maximum Gasteiger partial charge on any atom is 0.225 e. The number of aryl methyl sites for hydroxylation is 1. The van der Waals surface area contributed by atoms with Crippen LogP contribution >= 0.6 is 11.6 Å². The van der Waals surface area contributed by atoms with Crippen LogP contribution in [0.5, 0.6) is 0 Å². The molecule has 0 spiro atoms. The lowest BCUT2D eigenvalue weighted by atomic mass is 10.1. The fourth-order valence-electron chi connectivity index (χ4n) is 4.43. The number of halogens is 1. The van der Waals surface area contributed by atoms with Gasteiger partial charge in [0, 0.05) is 48.4 Å². The maximum atomic E-state index is 12.5. The van der Waals surface area contributed by atoms with Crippen molar-refractivity contribution in [2.75, 3.05) is 6.54 Å². The standard InChI is InChI=1S/C25H24ClN3O3/c26-18-8-6-17(7-9-18)22-14-27-24(32-22)11-10-23(30)28-19-12-25(31)29(15-19)21-13-20(21)16-4-2-1-3-5-16/h1-9,14,19-21H,10-13,15H2,(H,28,30). The number of hydrogen-bond donors (Lipinski definition) is 1. The lowest BCUT2D eigenvalue weighted by Crippen LogP contribution is -2.37. The molecule has 2 fully saturated rings. The first-order valence-corrected chi connectivity index (χ1v) is 11.3. The highest BCUT2D eigenvalue weighted by atomic mass is 35.5. The Balaban J connectivity index is 1.10. The van der Waals surface area contributed by atoms with Gasteiger partial charge in [-0.3, -0.25) is 9.59 Å². The fourth-order valence-corrected chi connectivity index (χ4v) is 4.55. The molecule has 0 bridgehead atoms. The van der Waals surface area contributed by atoms with E-state index < -0.39 is 0 Å². The van der Waals surface area contributed by atoms with Crippen molar-refractivity contribution >= 4 is 23.4 Å². The molecule has 1 N–H and O–H groups in total. The second kappa shape index (κ2) is 8.79. The van der Waals surface area contributed by atoms with E-state index in [4.69, 9.17) is 16.0 Å². The number of amides is 2. The quantitative estimate of drug-likeness (QED) is 0.586. The number of aromatic nitrogens is 1. The van der Waals surface area contributed by atoms with Gasteiger partial charge in [0.25, 0.3) is 0 Å². The first-order valence-electron chi connectivity index (χ1n) is 10.9. The Hall–Kier alpha value is -3.12. The molecule has 6 nitrogen and oxygen atoms in total. The minimum Gasteiger partial charge on any atom is -0.441 e. The number of benzene rings is 2. The highest BCUT2D eigenvalue weighted by Gasteiger charge is 2.47. The van der Waals surface area contributed by atoms with E-state index in [1.165, 1.54) is 5.56 Å². The van der Waals surface area contributed by atoms with Gasteiger partial charge < -0.3 is 14.6 Å². The average molecular weight is 450 g/mol. The number of oxazole rings is 1. The molecule has 3 atom stereocenters. The molecule has 2 aromatic carbocycles. The first-order chi connectivity index (χ1) is 15.6. The summed E-state index contributed by atoms with van der Waals surface area (Å²) in [7, 11) is 0. The van der Waals surface area contributed by atoms with Crippen LogP contribution in [0.1, 0.15) is 36.6 Å². The molecule has 164 valence electrons. The Morgan fingerprint density at radius 2 is 1.94 bits per heavy atom. The number of hydrogen-bond acceptors (Lipinski definition) is 4. The van der Waals surface area contributed by atoms with Gasteiger partial charge in [0.15, 0.2) is 11.7 Å². The molecule has 0 radical (unpaired) electrons. The zero-order valence-corrected chi connectivity index (χ0v) is 18.3. The fraction of sp³-hybridized carbons (Fsp3) is 0.320. The Morgan fingerprint density at radius 3 is 2.72 bits per heavy atom. The van der Waals surface area contributed by atoms with E-state index in [0.717, 1.165) is 12.0 Å². The van der Waals surface area contributed by atoms with Crippen molar-refractivity contribution in [3.8, 4) is 11.3 Å². The van der Waals surface area contributed by atoms with Crippen molar-refractivity contribution in [1.82, 2.24) is 15.2 Å². The molecule has 1 saturated heterocycles. The van der Waals surface area contributed by atoms with Crippen LogP contribution in [0.4, 0.5) is 0 Å². The second-order valence-corrected chi connectivity index (χ2v) is 8.90. The van der Waals surface area contributed by atoms with Crippen LogP contribution < -0.4 is 5.32 Å². The van der Waals surface area contributed by atoms with Crippen molar-refractivity contribution in [3.63, 3.8) is 0 Å². The normalized spacial score (nSPS) is 22.2. The van der Waals surface area contributed by atoms with Gasteiger partial charge in [-0.15, -0.1) is 0 Å². The van der Waals surface area contributed by atoms with Gasteiger partial charge in [-0.1, -0.05) is 41.9 Å². The number of carbonyl (C=O) groups is 2. The van der Waals surface area contributed by atoms with Crippen molar-refractivity contribution in [1.29, 1.82) is 0 Å². The van der Waals surface area contributed by atoms with Gasteiger partial charge in [-0.05, 0) is 36.2 Å². The third kappa shape index (κ3) is 4.55. The van der Waals surface area contributed by atoms with Crippen molar-refractivity contribution in [3.05, 3.63) is 77.3 Å². The Kier molecular flexibility index (Phi) is 5.70. The Labute approximate surface area is 191 Å². The topological polar surface area (TPSA) is 75.4 Å². The van der Waals surface area contributed by atoms with Crippen molar-refractivity contribution < 1.29 is 14.0 Å². The zero-order valence-electron chi connectivity index (χ0n) is 17.5. The predicted octanol–water partition coefficient (Wildman–Crippen LogP) is 4.20. The molecule has 32 heavy (non-hydrogen) atoms. The summed E-state index contributed by atoms with van der Waals surface area (Å²) in [6, 6.07) is 17.7. The van der Waals surface area contributed by atoms with E-state index in [-0.39, 0.29) is 30.3 Å². The lowest BCUT2D eigenvalue weighted by Gasteiger charge is -2.17. The van der Waals surface area contributed by atoms with E-state index in [2.05, 4.69) is 22.4 Å². The van der Waals surface area contributed by atoms with Crippen LogP contribution in [-0.4, -0.2) is 40.3 Å². The number of rotatable bonds is 7. The van der Waals surface area contributed by atoms with Gasteiger partial charge >= 0.3 is 0 Å². The summed E-state index contributed by atoms with van der Waals surface area (Å²) < 4.78 is 5.76. The number of likely N-dealkylation sites (tertiary alicyclic amines) is 1. The summed E-state index contributed by atoms with van der Waals surface area (Å²) in [5.41, 5.74) is 2.16. The summed E-state index contributed by atoms with van der Waals surface area (Å²) in [5, 5.41) is 3.66. The van der Waals surface area contributed by atoms with Crippen LogP contribution in [0.15, 0.2) is 65.2 Å². The van der Waals surface area contributed by atoms with E-state index >= 15 is 0 Å². The summed E-state index contributed by atoms with van der Waals surface area (Å²) >= 11 is 5.92. The van der Waals surface area contributed by atoms with E-state index in [0.29, 0.717) is 42.0 Å². The molecule has 1 aliphatic carbocycles. The molecule has 5 rings (SSSR count). The third-order valence-corrected chi connectivity index (χ3v) is 6.41. The van der Waals surface area contributed by atoms with Gasteiger partial charge in [0.1, 0.15) is 0 Å². The summed E-state index contributed by atoms with van der Waals surface area (Å²) in [5.74, 6) is 1.60. The molecule has 2 aliphatic rings. The van der Waals surface area contributed by atoms with Crippen molar-refractivity contribution in [2.24, 2.45) is 0 Å². The number of nitrogens with one attached hydrogen (secondary N) is 1. The predicted molar refractivity (Wildman–Crippen MR) is 121 cm³/mol. The average Bonchev–Trinajstić information content (AvgIpc) is 3.30. The Morgan fingerprint density at radius 1 is 1.16 bits per heavy atom. The van der Waals surface area contributed by atoms with E-state index in [1.54, 1.807) is 18.3 Å². The van der Waals surface area contributed by atoms with Gasteiger partial charge in [-0.2, -0.15) is 0 Å². The molecule has 1 aliphatic heterocycles. The highest BCUT2D eigenvalue weighted by Crippen LogP contribution is 2.45. The van der Waals surface area contributed by atoms with E-state index in [1.807, 2.05) is 35.2 Å². The molecule has 1 aromatic heterocycles. The number of carbonyl (C=O) groups excluding carboxylic acids is 2. The SMILES string of the molecule is O=C(CCc1ncc(-c2ccc(Cl)cc2)o1)NC1CC(=O)N(C2CC2c2ccccc2)C1. The summed E-state index contributed by atoms with van der Waals surface area (Å²) in [6.45, 7) is 0.582. The molecule has 3 unspecified atom stereocenters. The molecule has 7 heteroatoms. The van der Waals surface area contributed by atoms with Gasteiger partial charge in [-0.25, -0.2) is 4.98 Å². The minimum absolute atomic E-state index is 0.0914. The monoisotopic (exact) mass is 449 g/mol. The molecule has 2 heterocycles. The van der Waals surface area contributed by atoms with Crippen LogP contribution in [0.25, 0.3) is 11.3 Å². The van der Waals surface area contributed by atoms with Crippen LogP contribution in [-0.2, 0) is 16.0 Å². The maximum absolute atomic E-state index is 12.5. The largest absolute Gasteiger partial charge is 0.441 e. The highest BCUT2D eigenvalue weighted by molar-refractivity contribution is 6.30. The first kappa shape index (κ1) is 20.8. The zero-order chi connectivity index (χ0) is 22.1. The summed E-state index contributed by atoms with van der Waals surface area (Å²) in [4.78, 5) is 31.2. The van der Waals surface area contributed by atoms with Gasteiger partial charge in [0.05, 0.1) is 12.2 Å². The molecule has 3 aromatic rings. The van der Waals surface area contributed by atoms with Crippen LogP contribution in [0.3, 0.4) is 0 Å².